The Morgan fingerprint density at radius 2 is 1.92 bits per heavy atom. The van der Waals surface area contributed by atoms with Gasteiger partial charge in [0.15, 0.2) is 0 Å². The van der Waals surface area contributed by atoms with Crippen LogP contribution in [0.25, 0.3) is 0 Å². The molecular formula is C19H20FN3O2. The predicted octanol–water partition coefficient (Wildman–Crippen LogP) is 3.41. The van der Waals surface area contributed by atoms with Crippen LogP contribution >= 0.6 is 0 Å². The van der Waals surface area contributed by atoms with Gasteiger partial charge in [-0.2, -0.15) is 5.26 Å². The van der Waals surface area contributed by atoms with Crippen molar-refractivity contribution in [2.75, 3.05) is 37.5 Å². The van der Waals surface area contributed by atoms with E-state index in [1.54, 1.807) is 26.4 Å². The van der Waals surface area contributed by atoms with Crippen molar-refractivity contribution in [2.45, 2.75) is 12.5 Å². The molecule has 2 aromatic carbocycles. The SMILES string of the molecule is COc1cc(OC)cc(N2CCC(Nc3cccc(F)c3C#N)C2)c1. The molecule has 1 fully saturated rings. The fraction of sp³-hybridized carbons (Fsp3) is 0.316. The van der Waals surface area contributed by atoms with Gasteiger partial charge in [0, 0.05) is 43.0 Å². The second-order valence-electron chi connectivity index (χ2n) is 5.92. The highest BCUT2D eigenvalue weighted by Gasteiger charge is 2.24. The standard InChI is InChI=1S/C19H20FN3O2/c1-24-15-8-14(9-16(10-15)25-2)23-7-6-13(12-23)22-19-5-3-4-18(20)17(19)11-21/h3-5,8-10,13,22H,6-7,12H2,1-2H3. The molecule has 6 heteroatoms. The third-order valence-corrected chi connectivity index (χ3v) is 4.37. The number of benzene rings is 2. The van der Waals surface area contributed by atoms with Gasteiger partial charge in [0.05, 0.1) is 19.9 Å². The molecule has 1 aliphatic rings. The quantitative estimate of drug-likeness (QED) is 0.903. The molecule has 130 valence electrons. The average molecular weight is 341 g/mol. The first-order valence-electron chi connectivity index (χ1n) is 8.07. The number of nitrogens with one attached hydrogen (secondary N) is 1. The Balaban J connectivity index is 1.75. The number of methoxy groups -OCH3 is 2. The summed E-state index contributed by atoms with van der Waals surface area (Å²) in [6.07, 6.45) is 0.890. The van der Waals surface area contributed by atoms with Gasteiger partial charge in [-0.25, -0.2) is 4.39 Å². The number of ether oxygens (including phenoxy) is 2. The molecule has 1 saturated heterocycles. The zero-order valence-electron chi connectivity index (χ0n) is 14.3. The molecule has 1 heterocycles. The third kappa shape index (κ3) is 3.61. The van der Waals surface area contributed by atoms with E-state index >= 15 is 0 Å². The maximum absolute atomic E-state index is 13.7. The number of nitrogens with zero attached hydrogens (tertiary/aromatic N) is 2. The minimum Gasteiger partial charge on any atom is -0.497 e. The number of rotatable bonds is 5. The lowest BCUT2D eigenvalue weighted by atomic mass is 10.1. The fourth-order valence-corrected chi connectivity index (χ4v) is 3.07. The predicted molar refractivity (Wildman–Crippen MR) is 94.9 cm³/mol. The highest BCUT2D eigenvalue weighted by atomic mass is 19.1. The maximum atomic E-state index is 13.7. The Kier molecular flexibility index (Phi) is 4.94. The van der Waals surface area contributed by atoms with Crippen molar-refractivity contribution in [1.82, 2.24) is 0 Å². The molecule has 0 bridgehead atoms. The normalized spacial score (nSPS) is 16.4. The summed E-state index contributed by atoms with van der Waals surface area (Å²) in [6.45, 7) is 1.60. The molecular weight excluding hydrogens is 321 g/mol. The molecule has 1 N–H and O–H groups in total. The van der Waals surface area contributed by atoms with E-state index < -0.39 is 5.82 Å². The number of anilines is 2. The summed E-state index contributed by atoms with van der Waals surface area (Å²) < 4.78 is 24.4. The fourth-order valence-electron chi connectivity index (χ4n) is 3.07. The summed E-state index contributed by atoms with van der Waals surface area (Å²) in [5.41, 5.74) is 1.61. The van der Waals surface area contributed by atoms with Gasteiger partial charge in [0.25, 0.3) is 0 Å². The highest BCUT2D eigenvalue weighted by molar-refractivity contribution is 5.60. The van der Waals surface area contributed by atoms with Gasteiger partial charge in [-0.3, -0.25) is 0 Å². The van der Waals surface area contributed by atoms with Crippen molar-refractivity contribution in [3.63, 3.8) is 0 Å². The summed E-state index contributed by atoms with van der Waals surface area (Å²) in [4.78, 5) is 2.22. The van der Waals surface area contributed by atoms with E-state index in [-0.39, 0.29) is 11.6 Å². The molecule has 1 unspecified atom stereocenters. The van der Waals surface area contributed by atoms with Crippen molar-refractivity contribution in [1.29, 1.82) is 5.26 Å². The molecule has 25 heavy (non-hydrogen) atoms. The molecule has 5 nitrogen and oxygen atoms in total. The second kappa shape index (κ2) is 7.31. The minimum atomic E-state index is -0.500. The van der Waals surface area contributed by atoms with Crippen LogP contribution in [0.3, 0.4) is 0 Å². The first kappa shape index (κ1) is 16.9. The topological polar surface area (TPSA) is 57.5 Å². The number of hydrogen-bond acceptors (Lipinski definition) is 5. The van der Waals surface area contributed by atoms with Crippen LogP contribution < -0.4 is 19.7 Å². The van der Waals surface area contributed by atoms with Crippen molar-refractivity contribution in [2.24, 2.45) is 0 Å². The maximum Gasteiger partial charge on any atom is 0.143 e. The van der Waals surface area contributed by atoms with E-state index in [1.807, 2.05) is 24.3 Å². The molecule has 2 aromatic rings. The monoisotopic (exact) mass is 341 g/mol. The zero-order chi connectivity index (χ0) is 17.8. The third-order valence-electron chi connectivity index (χ3n) is 4.37. The van der Waals surface area contributed by atoms with Gasteiger partial charge >= 0.3 is 0 Å². The van der Waals surface area contributed by atoms with E-state index in [2.05, 4.69) is 10.2 Å². The minimum absolute atomic E-state index is 0.0593. The molecule has 3 rings (SSSR count). The molecule has 0 radical (unpaired) electrons. The molecule has 1 atom stereocenters. The van der Waals surface area contributed by atoms with Gasteiger partial charge in [0.2, 0.25) is 0 Å². The van der Waals surface area contributed by atoms with E-state index in [1.165, 1.54) is 6.07 Å². The average Bonchev–Trinajstić information content (AvgIpc) is 3.10. The van der Waals surface area contributed by atoms with Crippen LogP contribution in [-0.4, -0.2) is 33.4 Å². The zero-order valence-corrected chi connectivity index (χ0v) is 14.3. The summed E-state index contributed by atoms with van der Waals surface area (Å²) in [6, 6.07) is 12.5. The molecule has 0 aromatic heterocycles. The summed E-state index contributed by atoms with van der Waals surface area (Å²) in [5, 5.41) is 12.4. The van der Waals surface area contributed by atoms with E-state index in [4.69, 9.17) is 14.7 Å². The van der Waals surface area contributed by atoms with Crippen LogP contribution in [0.1, 0.15) is 12.0 Å². The molecule has 1 aliphatic heterocycles. The van der Waals surface area contributed by atoms with Crippen LogP contribution in [0.2, 0.25) is 0 Å². The Morgan fingerprint density at radius 1 is 1.20 bits per heavy atom. The van der Waals surface area contributed by atoms with Gasteiger partial charge in [-0.1, -0.05) is 6.07 Å². The van der Waals surface area contributed by atoms with Crippen molar-refractivity contribution < 1.29 is 13.9 Å². The van der Waals surface area contributed by atoms with Crippen LogP contribution in [0.15, 0.2) is 36.4 Å². The van der Waals surface area contributed by atoms with Crippen LogP contribution in [-0.2, 0) is 0 Å². The van der Waals surface area contributed by atoms with Gasteiger partial charge in [-0.15, -0.1) is 0 Å². The molecule has 0 amide bonds. The van der Waals surface area contributed by atoms with Crippen LogP contribution in [0, 0.1) is 17.1 Å². The Morgan fingerprint density at radius 3 is 2.56 bits per heavy atom. The lowest BCUT2D eigenvalue weighted by molar-refractivity contribution is 0.394. The van der Waals surface area contributed by atoms with Crippen molar-refractivity contribution in [3.05, 3.63) is 47.8 Å². The molecule has 0 spiro atoms. The largest absolute Gasteiger partial charge is 0.497 e. The van der Waals surface area contributed by atoms with E-state index in [0.717, 1.165) is 36.7 Å². The lowest BCUT2D eigenvalue weighted by Crippen LogP contribution is -2.26. The Bertz CT molecular complexity index is 781. The first-order valence-corrected chi connectivity index (χ1v) is 8.07. The Labute approximate surface area is 146 Å². The van der Waals surface area contributed by atoms with Gasteiger partial charge < -0.3 is 19.7 Å². The number of nitriles is 1. The van der Waals surface area contributed by atoms with Crippen LogP contribution in [0.5, 0.6) is 11.5 Å². The smallest absolute Gasteiger partial charge is 0.143 e. The van der Waals surface area contributed by atoms with E-state index in [0.29, 0.717) is 5.69 Å². The van der Waals surface area contributed by atoms with Crippen LogP contribution in [0.4, 0.5) is 15.8 Å². The molecule has 0 aliphatic carbocycles. The second-order valence-corrected chi connectivity index (χ2v) is 5.92. The summed E-state index contributed by atoms with van der Waals surface area (Å²) >= 11 is 0. The van der Waals surface area contributed by atoms with Gasteiger partial charge in [-0.05, 0) is 18.6 Å². The van der Waals surface area contributed by atoms with Crippen molar-refractivity contribution >= 4 is 11.4 Å². The Hall–Kier alpha value is -2.94. The summed E-state index contributed by atoms with van der Waals surface area (Å²) in [5.74, 6) is 0.977. The molecule has 0 saturated carbocycles. The summed E-state index contributed by atoms with van der Waals surface area (Å²) in [7, 11) is 3.25. The van der Waals surface area contributed by atoms with Gasteiger partial charge in [0.1, 0.15) is 28.9 Å². The van der Waals surface area contributed by atoms with Crippen molar-refractivity contribution in [3.8, 4) is 17.6 Å². The lowest BCUT2D eigenvalue weighted by Gasteiger charge is -2.21. The first-order chi connectivity index (χ1) is 12.1. The number of halogens is 1. The highest BCUT2D eigenvalue weighted by Crippen LogP contribution is 2.31. The van der Waals surface area contributed by atoms with E-state index in [9.17, 15) is 4.39 Å². The number of hydrogen-bond donors (Lipinski definition) is 1.